The second-order valence-corrected chi connectivity index (χ2v) is 5.63. The summed E-state index contributed by atoms with van der Waals surface area (Å²) in [5, 5.41) is 6.52. The van der Waals surface area contributed by atoms with Gasteiger partial charge in [-0.2, -0.15) is 5.10 Å². The molecule has 0 saturated heterocycles. The van der Waals surface area contributed by atoms with Crippen LogP contribution in [0.2, 0.25) is 0 Å². The van der Waals surface area contributed by atoms with E-state index in [0.29, 0.717) is 0 Å². The number of methoxy groups -OCH3 is 1. The SMILES string of the molecule is COc1ccccc1/C=N/Nc1c2ccccc2nc2ccccc12. The van der Waals surface area contributed by atoms with E-state index in [1.165, 1.54) is 0 Å². The molecule has 0 atom stereocenters. The first-order valence-corrected chi connectivity index (χ1v) is 8.06. The zero-order valence-electron chi connectivity index (χ0n) is 13.8. The summed E-state index contributed by atoms with van der Waals surface area (Å²) < 4.78 is 5.36. The number of aromatic nitrogens is 1. The zero-order chi connectivity index (χ0) is 17.1. The van der Waals surface area contributed by atoms with Crippen molar-refractivity contribution in [1.29, 1.82) is 0 Å². The quantitative estimate of drug-likeness (QED) is 0.331. The van der Waals surface area contributed by atoms with Crippen LogP contribution in [0.15, 0.2) is 77.9 Å². The Kier molecular flexibility index (Phi) is 4.01. The summed E-state index contributed by atoms with van der Waals surface area (Å²) in [5.74, 6) is 0.789. The van der Waals surface area contributed by atoms with Crippen molar-refractivity contribution in [1.82, 2.24) is 4.98 Å². The molecule has 0 spiro atoms. The Balaban J connectivity index is 1.78. The molecule has 0 fully saturated rings. The number of anilines is 1. The molecule has 0 amide bonds. The highest BCUT2D eigenvalue weighted by atomic mass is 16.5. The number of hydrazone groups is 1. The Morgan fingerprint density at radius 2 is 1.44 bits per heavy atom. The average Bonchev–Trinajstić information content (AvgIpc) is 2.67. The predicted octanol–water partition coefficient (Wildman–Crippen LogP) is 4.84. The molecule has 1 heterocycles. The summed E-state index contributed by atoms with van der Waals surface area (Å²) in [6.07, 6.45) is 1.77. The molecular formula is C21H17N3O. The fourth-order valence-electron chi connectivity index (χ4n) is 2.90. The van der Waals surface area contributed by atoms with Crippen LogP contribution in [-0.2, 0) is 0 Å². The van der Waals surface area contributed by atoms with Crippen LogP contribution in [0.25, 0.3) is 21.8 Å². The van der Waals surface area contributed by atoms with E-state index >= 15 is 0 Å². The summed E-state index contributed by atoms with van der Waals surface area (Å²) in [7, 11) is 1.66. The Bertz CT molecular complexity index is 1020. The molecule has 4 rings (SSSR count). The molecule has 122 valence electrons. The summed E-state index contributed by atoms with van der Waals surface area (Å²) in [4.78, 5) is 4.72. The number of benzene rings is 3. The molecule has 0 bridgehead atoms. The van der Waals surface area contributed by atoms with E-state index < -0.39 is 0 Å². The highest BCUT2D eigenvalue weighted by Crippen LogP contribution is 2.30. The topological polar surface area (TPSA) is 46.5 Å². The van der Waals surface area contributed by atoms with Gasteiger partial charge in [0.15, 0.2) is 0 Å². The van der Waals surface area contributed by atoms with Crippen molar-refractivity contribution in [3.8, 4) is 5.75 Å². The molecule has 0 saturated carbocycles. The first kappa shape index (κ1) is 15.1. The van der Waals surface area contributed by atoms with E-state index in [2.05, 4.69) is 22.7 Å². The number of nitrogens with one attached hydrogen (secondary N) is 1. The Morgan fingerprint density at radius 3 is 2.12 bits per heavy atom. The Morgan fingerprint density at radius 1 is 0.840 bits per heavy atom. The number of para-hydroxylation sites is 3. The molecule has 3 aromatic carbocycles. The van der Waals surface area contributed by atoms with Crippen molar-refractivity contribution < 1.29 is 4.74 Å². The van der Waals surface area contributed by atoms with Crippen LogP contribution in [-0.4, -0.2) is 18.3 Å². The van der Waals surface area contributed by atoms with Gasteiger partial charge in [0.05, 0.1) is 30.0 Å². The molecule has 1 N–H and O–H groups in total. The predicted molar refractivity (Wildman–Crippen MR) is 103 cm³/mol. The van der Waals surface area contributed by atoms with Gasteiger partial charge in [-0.1, -0.05) is 48.5 Å². The monoisotopic (exact) mass is 327 g/mol. The zero-order valence-corrected chi connectivity index (χ0v) is 13.8. The molecule has 0 radical (unpaired) electrons. The minimum atomic E-state index is 0.789. The maximum Gasteiger partial charge on any atom is 0.127 e. The second-order valence-electron chi connectivity index (χ2n) is 5.63. The van der Waals surface area contributed by atoms with Crippen LogP contribution < -0.4 is 10.2 Å². The first-order valence-electron chi connectivity index (χ1n) is 8.06. The van der Waals surface area contributed by atoms with Gasteiger partial charge in [0.2, 0.25) is 0 Å². The van der Waals surface area contributed by atoms with E-state index in [-0.39, 0.29) is 0 Å². The molecule has 0 aliphatic rings. The van der Waals surface area contributed by atoms with Crippen molar-refractivity contribution in [3.05, 3.63) is 78.4 Å². The fourth-order valence-corrected chi connectivity index (χ4v) is 2.90. The van der Waals surface area contributed by atoms with Crippen molar-refractivity contribution in [2.24, 2.45) is 5.10 Å². The Labute approximate surface area is 145 Å². The van der Waals surface area contributed by atoms with Crippen LogP contribution >= 0.6 is 0 Å². The molecule has 4 aromatic rings. The van der Waals surface area contributed by atoms with Gasteiger partial charge in [-0.25, -0.2) is 4.98 Å². The molecule has 0 aliphatic heterocycles. The van der Waals surface area contributed by atoms with Crippen LogP contribution in [0, 0.1) is 0 Å². The number of ether oxygens (including phenoxy) is 1. The van der Waals surface area contributed by atoms with Crippen molar-refractivity contribution >= 4 is 33.7 Å². The van der Waals surface area contributed by atoms with Gasteiger partial charge in [-0.15, -0.1) is 0 Å². The van der Waals surface area contributed by atoms with Gasteiger partial charge in [0, 0.05) is 16.3 Å². The van der Waals surface area contributed by atoms with Gasteiger partial charge in [0.1, 0.15) is 5.75 Å². The van der Waals surface area contributed by atoms with Crippen molar-refractivity contribution in [2.45, 2.75) is 0 Å². The molecule has 4 heteroatoms. The lowest BCUT2D eigenvalue weighted by Gasteiger charge is -2.10. The third-order valence-electron chi connectivity index (χ3n) is 4.11. The van der Waals surface area contributed by atoms with E-state index in [4.69, 9.17) is 9.72 Å². The maximum atomic E-state index is 5.36. The minimum absolute atomic E-state index is 0.789. The van der Waals surface area contributed by atoms with E-state index in [9.17, 15) is 0 Å². The summed E-state index contributed by atoms with van der Waals surface area (Å²) in [6.45, 7) is 0. The molecule has 0 aliphatic carbocycles. The molecule has 4 nitrogen and oxygen atoms in total. The first-order chi connectivity index (χ1) is 12.4. The van der Waals surface area contributed by atoms with E-state index in [1.807, 2.05) is 60.7 Å². The molecule has 25 heavy (non-hydrogen) atoms. The lowest BCUT2D eigenvalue weighted by atomic mass is 10.1. The number of fused-ring (bicyclic) bond motifs is 2. The van der Waals surface area contributed by atoms with Gasteiger partial charge >= 0.3 is 0 Å². The second kappa shape index (κ2) is 6.61. The number of rotatable bonds is 4. The number of hydrogen-bond acceptors (Lipinski definition) is 4. The minimum Gasteiger partial charge on any atom is -0.496 e. The summed E-state index contributed by atoms with van der Waals surface area (Å²) in [5.41, 5.74) is 6.95. The largest absolute Gasteiger partial charge is 0.496 e. The Hall–Kier alpha value is -3.40. The number of pyridine rings is 1. The van der Waals surface area contributed by atoms with Gasteiger partial charge in [0.25, 0.3) is 0 Å². The number of hydrogen-bond donors (Lipinski definition) is 1. The van der Waals surface area contributed by atoms with Crippen molar-refractivity contribution in [2.75, 3.05) is 12.5 Å². The van der Waals surface area contributed by atoms with Crippen LogP contribution in [0.4, 0.5) is 5.69 Å². The van der Waals surface area contributed by atoms with Gasteiger partial charge < -0.3 is 4.74 Å². The lowest BCUT2D eigenvalue weighted by molar-refractivity contribution is 0.414. The maximum absolute atomic E-state index is 5.36. The molecule has 1 aromatic heterocycles. The van der Waals surface area contributed by atoms with Crippen LogP contribution in [0.1, 0.15) is 5.56 Å². The highest BCUT2D eigenvalue weighted by Gasteiger charge is 2.07. The normalized spacial score (nSPS) is 11.2. The van der Waals surface area contributed by atoms with Crippen LogP contribution in [0.3, 0.4) is 0 Å². The summed E-state index contributed by atoms with van der Waals surface area (Å²) >= 11 is 0. The highest BCUT2D eigenvalue weighted by molar-refractivity contribution is 6.07. The standard InChI is InChI=1S/C21H17N3O/c1-25-20-13-7-2-8-15(20)14-22-24-21-16-9-3-5-11-18(16)23-19-12-6-4-10-17(19)21/h2-14H,1H3,(H,23,24)/b22-14+. The third-order valence-corrected chi connectivity index (χ3v) is 4.11. The summed E-state index contributed by atoms with van der Waals surface area (Å²) in [6, 6.07) is 23.9. The smallest absolute Gasteiger partial charge is 0.127 e. The average molecular weight is 327 g/mol. The third kappa shape index (κ3) is 2.90. The lowest BCUT2D eigenvalue weighted by Crippen LogP contribution is -1.96. The van der Waals surface area contributed by atoms with E-state index in [1.54, 1.807) is 13.3 Å². The van der Waals surface area contributed by atoms with E-state index in [0.717, 1.165) is 38.8 Å². The fraction of sp³-hybridized carbons (Fsp3) is 0.0476. The molecular weight excluding hydrogens is 310 g/mol. The molecule has 0 unspecified atom stereocenters. The van der Waals surface area contributed by atoms with Gasteiger partial charge in [-0.3, -0.25) is 5.43 Å². The van der Waals surface area contributed by atoms with Crippen LogP contribution in [0.5, 0.6) is 5.75 Å². The van der Waals surface area contributed by atoms with Gasteiger partial charge in [-0.05, 0) is 24.3 Å². The number of nitrogens with zero attached hydrogens (tertiary/aromatic N) is 2. The van der Waals surface area contributed by atoms with Crippen molar-refractivity contribution in [3.63, 3.8) is 0 Å².